The van der Waals surface area contributed by atoms with Crippen LogP contribution in [0.1, 0.15) is 127 Å². The van der Waals surface area contributed by atoms with Gasteiger partial charge in [-0.3, -0.25) is 24.0 Å². The van der Waals surface area contributed by atoms with Gasteiger partial charge in [-0.25, -0.2) is 4.79 Å². The van der Waals surface area contributed by atoms with Gasteiger partial charge in [-0.05, 0) is 117 Å². The lowest BCUT2D eigenvalue weighted by atomic mass is 9.41. The van der Waals surface area contributed by atoms with E-state index < -0.39 is 72.1 Å². The van der Waals surface area contributed by atoms with E-state index in [0.29, 0.717) is 23.8 Å². The molecule has 0 amide bonds. The SMILES string of the molecule is COC(=O)[C@]1(C)[C@@H](O[C@@H]2O[C@H](COC(C)=O)[C@@H](OC(C)=O)[C@H](OC(C)=O)[C@H]2OC(C)=O)CC[C@]23C[C@]24CC[C@]2(C)[C@@H]([C@H](C)[C@@H]5CC=C(C)C(=O)O5)CC[C@@]2(C)[C@@H]4CC[C@@H]13. The average molecular weight is 829 g/mol. The predicted octanol–water partition coefficient (Wildman–Crippen LogP) is 5.94. The Labute approximate surface area is 347 Å². The molecule has 2 aliphatic heterocycles. The fourth-order valence-corrected chi connectivity index (χ4v) is 14.3. The fraction of sp³-hybridized carbons (Fsp3) is 0.822. The summed E-state index contributed by atoms with van der Waals surface area (Å²) >= 11 is 0. The normalized spacial score (nSPS) is 45.1. The minimum absolute atomic E-state index is 0.0636. The molecule has 0 aromatic heterocycles. The molecule has 59 heavy (non-hydrogen) atoms. The molecular weight excluding hydrogens is 764 g/mol. The van der Waals surface area contributed by atoms with Gasteiger partial charge >= 0.3 is 35.8 Å². The van der Waals surface area contributed by atoms with E-state index in [-0.39, 0.29) is 52.2 Å². The molecule has 16 atom stereocenters. The number of rotatable bonds is 10. The summed E-state index contributed by atoms with van der Waals surface area (Å²) in [6.45, 7) is 15.4. The Morgan fingerprint density at radius 3 is 2.03 bits per heavy atom. The molecule has 2 spiro atoms. The first-order chi connectivity index (χ1) is 27.7. The van der Waals surface area contributed by atoms with Gasteiger partial charge in [0.15, 0.2) is 24.6 Å². The minimum Gasteiger partial charge on any atom is -0.469 e. The van der Waals surface area contributed by atoms with Gasteiger partial charge in [-0.1, -0.05) is 26.8 Å². The van der Waals surface area contributed by atoms with Crippen molar-refractivity contribution in [2.24, 2.45) is 50.7 Å². The van der Waals surface area contributed by atoms with Crippen molar-refractivity contribution in [1.29, 1.82) is 0 Å². The summed E-state index contributed by atoms with van der Waals surface area (Å²) in [6, 6.07) is 0. The molecular formula is C45H64O14. The van der Waals surface area contributed by atoms with Crippen LogP contribution in [0.25, 0.3) is 0 Å². The van der Waals surface area contributed by atoms with E-state index in [4.69, 9.17) is 37.9 Å². The Morgan fingerprint density at radius 1 is 0.780 bits per heavy atom. The second kappa shape index (κ2) is 15.4. The Kier molecular flexibility index (Phi) is 11.4. The molecule has 14 heteroatoms. The molecule has 1 saturated heterocycles. The maximum absolute atomic E-state index is 14.4. The highest BCUT2D eigenvalue weighted by atomic mass is 16.7. The van der Waals surface area contributed by atoms with Crippen molar-refractivity contribution in [2.45, 2.75) is 169 Å². The monoisotopic (exact) mass is 828 g/mol. The lowest BCUT2D eigenvalue weighted by Gasteiger charge is -2.63. The molecule has 0 aromatic carbocycles. The third-order valence-electron chi connectivity index (χ3n) is 17.1. The molecule has 0 unspecified atom stereocenters. The van der Waals surface area contributed by atoms with Gasteiger partial charge in [0.1, 0.15) is 18.8 Å². The van der Waals surface area contributed by atoms with Gasteiger partial charge < -0.3 is 37.9 Å². The third kappa shape index (κ3) is 6.81. The van der Waals surface area contributed by atoms with Crippen LogP contribution in [0, 0.1) is 50.7 Å². The summed E-state index contributed by atoms with van der Waals surface area (Å²) in [4.78, 5) is 76.3. The molecule has 2 heterocycles. The van der Waals surface area contributed by atoms with Gasteiger partial charge in [0.2, 0.25) is 0 Å². The van der Waals surface area contributed by atoms with Crippen molar-refractivity contribution in [3.05, 3.63) is 11.6 Å². The average Bonchev–Trinajstić information content (AvgIpc) is 3.75. The second-order valence-corrected chi connectivity index (χ2v) is 19.6. The van der Waals surface area contributed by atoms with Crippen LogP contribution in [0.5, 0.6) is 0 Å². The smallest absolute Gasteiger partial charge is 0.333 e. The number of methoxy groups -OCH3 is 1. The van der Waals surface area contributed by atoms with Crippen molar-refractivity contribution in [3.63, 3.8) is 0 Å². The number of carbonyl (C=O) groups excluding carboxylic acids is 6. The van der Waals surface area contributed by atoms with Crippen molar-refractivity contribution in [1.82, 2.24) is 0 Å². The zero-order valence-corrected chi connectivity index (χ0v) is 36.4. The molecule has 5 saturated carbocycles. The highest BCUT2D eigenvalue weighted by Crippen LogP contribution is 2.89. The van der Waals surface area contributed by atoms with Gasteiger partial charge in [-0.2, -0.15) is 0 Å². The number of cyclic esters (lactones) is 1. The van der Waals surface area contributed by atoms with Crippen LogP contribution in [-0.4, -0.2) is 92.4 Å². The lowest BCUT2D eigenvalue weighted by Crippen LogP contribution is -2.65. The minimum atomic E-state index is -1.40. The Balaban J connectivity index is 1.17. The Bertz CT molecular complexity index is 1770. The first kappa shape index (κ1) is 43.6. The van der Waals surface area contributed by atoms with Crippen molar-refractivity contribution in [2.75, 3.05) is 13.7 Å². The maximum atomic E-state index is 14.4. The van der Waals surface area contributed by atoms with E-state index in [1.807, 2.05) is 19.9 Å². The number of hydrogen-bond acceptors (Lipinski definition) is 14. The van der Waals surface area contributed by atoms with Crippen molar-refractivity contribution < 1.29 is 66.7 Å². The lowest BCUT2D eigenvalue weighted by molar-refractivity contribution is -0.330. The van der Waals surface area contributed by atoms with Crippen LogP contribution in [0.2, 0.25) is 0 Å². The van der Waals surface area contributed by atoms with Crippen LogP contribution in [0.15, 0.2) is 11.6 Å². The quantitative estimate of drug-likeness (QED) is 0.144. The van der Waals surface area contributed by atoms with Gasteiger partial charge in [-0.15, -0.1) is 0 Å². The summed E-state index contributed by atoms with van der Waals surface area (Å²) in [5.74, 6) is -2.37. The zero-order valence-electron chi connectivity index (χ0n) is 36.4. The van der Waals surface area contributed by atoms with E-state index in [9.17, 15) is 28.8 Å². The van der Waals surface area contributed by atoms with Crippen LogP contribution in [-0.2, 0) is 66.7 Å². The summed E-state index contributed by atoms with van der Waals surface area (Å²) in [7, 11) is 1.39. The molecule has 328 valence electrons. The van der Waals surface area contributed by atoms with Crippen LogP contribution in [0.3, 0.4) is 0 Å². The molecule has 0 N–H and O–H groups in total. The first-order valence-corrected chi connectivity index (χ1v) is 21.6. The Morgan fingerprint density at radius 2 is 1.41 bits per heavy atom. The van der Waals surface area contributed by atoms with E-state index >= 15 is 0 Å². The van der Waals surface area contributed by atoms with Crippen molar-refractivity contribution >= 4 is 35.8 Å². The van der Waals surface area contributed by atoms with Crippen LogP contribution >= 0.6 is 0 Å². The number of carbonyl (C=O) groups is 6. The predicted molar refractivity (Wildman–Crippen MR) is 207 cm³/mol. The summed E-state index contributed by atoms with van der Waals surface area (Å²) < 4.78 is 47.1. The zero-order chi connectivity index (χ0) is 43.0. The molecule has 0 bridgehead atoms. The fourth-order valence-electron chi connectivity index (χ4n) is 14.3. The summed E-state index contributed by atoms with van der Waals surface area (Å²) in [5.41, 5.74) is -0.340. The number of ether oxygens (including phenoxy) is 8. The maximum Gasteiger partial charge on any atom is 0.333 e. The summed E-state index contributed by atoms with van der Waals surface area (Å²) in [6.07, 6.45) is 3.64. The molecule has 14 nitrogen and oxygen atoms in total. The van der Waals surface area contributed by atoms with E-state index in [2.05, 4.69) is 20.8 Å². The van der Waals surface area contributed by atoms with Crippen LogP contribution in [0.4, 0.5) is 0 Å². The summed E-state index contributed by atoms with van der Waals surface area (Å²) in [5, 5.41) is 0. The van der Waals surface area contributed by atoms with Crippen molar-refractivity contribution in [3.8, 4) is 0 Å². The largest absolute Gasteiger partial charge is 0.469 e. The van der Waals surface area contributed by atoms with E-state index in [0.717, 1.165) is 57.8 Å². The number of esters is 6. The van der Waals surface area contributed by atoms with Gasteiger partial charge in [0, 0.05) is 39.7 Å². The molecule has 7 rings (SSSR count). The molecule has 5 aliphatic carbocycles. The third-order valence-corrected chi connectivity index (χ3v) is 17.1. The second-order valence-electron chi connectivity index (χ2n) is 19.6. The highest BCUT2D eigenvalue weighted by Gasteiger charge is 2.83. The van der Waals surface area contributed by atoms with E-state index in [1.165, 1.54) is 34.8 Å². The van der Waals surface area contributed by atoms with Crippen LogP contribution < -0.4 is 0 Å². The molecule has 0 aromatic rings. The number of fused-ring (bicyclic) bond motifs is 2. The molecule has 7 aliphatic rings. The molecule has 6 fully saturated rings. The first-order valence-electron chi connectivity index (χ1n) is 21.6. The van der Waals surface area contributed by atoms with Gasteiger partial charge in [0.05, 0.1) is 18.6 Å². The van der Waals surface area contributed by atoms with E-state index in [1.54, 1.807) is 0 Å². The number of hydrogen-bond donors (Lipinski definition) is 0. The standard InChI is InChI=1S/C45H64O14/c1-23-11-12-30(57-38(23)50)24(2)29-15-17-42(8)32-13-14-33-43(9,40(51)52-10)34(16-18-44(33)22-45(32,44)20-19-41(29,42)7)59-39-37(56-28(6)49)36(55-27(5)48)35(54-26(4)47)31(58-39)21-53-25(3)46/h11,24,29-37,39H,12-22H2,1-10H3/t24-,29+,30-,31+,32-,33-,34-,35+,36-,37+,39-,41+,42-,43-,44+,45-/m0/s1. The topological polar surface area (TPSA) is 176 Å². The Hall–Kier alpha value is -3.52. The highest BCUT2D eigenvalue weighted by molar-refractivity contribution is 5.88. The van der Waals surface area contributed by atoms with Gasteiger partial charge in [0.25, 0.3) is 0 Å². The molecule has 0 radical (unpaired) electrons.